The van der Waals surface area contributed by atoms with E-state index in [2.05, 4.69) is 35.9 Å². The van der Waals surface area contributed by atoms with Gasteiger partial charge in [-0.1, -0.05) is 25.7 Å². The van der Waals surface area contributed by atoms with Crippen molar-refractivity contribution in [2.75, 3.05) is 33.5 Å². The minimum Gasteiger partial charge on any atom is -0.396 e. The number of hydrogen-bond acceptors (Lipinski definition) is 11. The average Bonchev–Trinajstić information content (AvgIpc) is 3.76. The molecular weight excluding hydrogens is 704 g/mol. The number of rotatable bonds is 6. The van der Waals surface area contributed by atoms with Gasteiger partial charge in [0.15, 0.2) is 5.78 Å². The highest BCUT2D eigenvalue weighted by Gasteiger charge is 2.79. The lowest BCUT2D eigenvalue weighted by Gasteiger charge is -2.66. The number of piperidine rings is 1. The molecule has 55 heavy (non-hydrogen) atoms. The maximum Gasteiger partial charge on any atom is 0.244 e. The molecule has 12 heteroatoms. The lowest BCUT2D eigenvalue weighted by Crippen LogP contribution is -2.70. The van der Waals surface area contributed by atoms with Crippen molar-refractivity contribution >= 4 is 11.7 Å². The van der Waals surface area contributed by atoms with Gasteiger partial charge in [0.2, 0.25) is 5.91 Å². The van der Waals surface area contributed by atoms with Crippen molar-refractivity contribution in [3.8, 4) is 23.7 Å². The molecule has 16 atom stereocenters. The minimum atomic E-state index is -2.00. The molecule has 300 valence electrons. The quantitative estimate of drug-likeness (QED) is 0.130. The second-order valence-electron chi connectivity index (χ2n) is 19.2. The maximum atomic E-state index is 14.7. The summed E-state index contributed by atoms with van der Waals surface area (Å²) in [7, 11) is 1.67. The van der Waals surface area contributed by atoms with Crippen molar-refractivity contribution in [1.82, 2.24) is 10.2 Å². The van der Waals surface area contributed by atoms with E-state index in [1.54, 1.807) is 25.0 Å². The van der Waals surface area contributed by atoms with Gasteiger partial charge in [0, 0.05) is 63.6 Å². The van der Waals surface area contributed by atoms with E-state index in [1.165, 1.54) is 0 Å². The number of carbonyl (C=O) groups is 2. The summed E-state index contributed by atoms with van der Waals surface area (Å²) in [5, 5.41) is 64.6. The highest BCUT2D eigenvalue weighted by atomic mass is 16.5. The van der Waals surface area contributed by atoms with Gasteiger partial charge in [0.05, 0.1) is 34.7 Å². The van der Waals surface area contributed by atoms with Crippen LogP contribution in [0.15, 0.2) is 11.6 Å². The number of allylic oxidation sites excluding steroid dienone is 1. The van der Waals surface area contributed by atoms with Gasteiger partial charge in [0.1, 0.15) is 29.6 Å². The number of carbonyl (C=O) groups excluding carboxylic acids is 2. The molecule has 0 aromatic rings. The third-order valence-corrected chi connectivity index (χ3v) is 17.0. The molecule has 3 saturated carbocycles. The number of ether oxygens (including phenoxy) is 3. The van der Waals surface area contributed by atoms with E-state index in [-0.39, 0.29) is 62.0 Å². The average molecular weight is 763 g/mol. The van der Waals surface area contributed by atoms with Crippen LogP contribution in [0, 0.1) is 63.1 Å². The Morgan fingerprint density at radius 1 is 1.02 bits per heavy atom. The third kappa shape index (κ3) is 4.81. The van der Waals surface area contributed by atoms with Gasteiger partial charge in [-0.15, -0.1) is 11.8 Å². The fraction of sp³-hybridized carbons (Fsp3) is 0.814. The van der Waals surface area contributed by atoms with Gasteiger partial charge >= 0.3 is 0 Å². The van der Waals surface area contributed by atoms with Crippen LogP contribution in [0.2, 0.25) is 0 Å². The first kappa shape index (κ1) is 38.2. The molecule has 10 rings (SSSR count). The number of aliphatic hydroxyl groups is 5. The number of aliphatic hydroxyl groups excluding tert-OH is 3. The predicted molar refractivity (Wildman–Crippen MR) is 197 cm³/mol. The second-order valence-corrected chi connectivity index (χ2v) is 19.2. The van der Waals surface area contributed by atoms with E-state index >= 15 is 0 Å². The molecule has 0 aromatic carbocycles. The summed E-state index contributed by atoms with van der Waals surface area (Å²) in [6, 6.07) is -0.153. The molecule has 7 bridgehead atoms. The molecule has 0 aromatic heterocycles. The predicted octanol–water partition coefficient (Wildman–Crippen LogP) is 1.20. The minimum absolute atomic E-state index is 0.00579. The van der Waals surface area contributed by atoms with Gasteiger partial charge < -0.3 is 44.6 Å². The van der Waals surface area contributed by atoms with Crippen molar-refractivity contribution in [1.29, 1.82) is 0 Å². The van der Waals surface area contributed by atoms with Crippen molar-refractivity contribution in [3.63, 3.8) is 0 Å². The Balaban J connectivity index is 1.22. The normalized spacial score (nSPS) is 53.1. The fourth-order valence-electron chi connectivity index (χ4n) is 13.6. The van der Waals surface area contributed by atoms with Crippen LogP contribution < -0.4 is 5.32 Å². The van der Waals surface area contributed by atoms with E-state index in [0.29, 0.717) is 57.4 Å². The number of fused-ring (bicyclic) bond motifs is 4. The van der Waals surface area contributed by atoms with Crippen LogP contribution in [0.3, 0.4) is 0 Å². The Labute approximate surface area is 323 Å². The largest absolute Gasteiger partial charge is 0.396 e. The number of methoxy groups -OCH3 is 1. The van der Waals surface area contributed by atoms with Gasteiger partial charge in [0.25, 0.3) is 0 Å². The molecule has 12 nitrogen and oxygen atoms in total. The van der Waals surface area contributed by atoms with Crippen LogP contribution in [0.5, 0.6) is 0 Å². The van der Waals surface area contributed by atoms with Crippen LogP contribution in [0.25, 0.3) is 0 Å². The van der Waals surface area contributed by atoms with Crippen molar-refractivity contribution in [2.24, 2.45) is 39.4 Å². The maximum absolute atomic E-state index is 14.7. The fourth-order valence-corrected chi connectivity index (χ4v) is 13.6. The molecule has 1 amide bonds. The van der Waals surface area contributed by atoms with Crippen LogP contribution in [-0.2, 0) is 23.8 Å². The molecule has 6 fully saturated rings. The Hall–Kier alpha value is -2.36. The standard InChI is InChI=1S/C43H58N2O10/c1-37-13-9-26(54-19-7-18-53-4)20-29(37)30(47)21-31-40(37)10-5-8-25-23-45(25)36(50)41-11-6-12-42(16-17-43(31,52)38(42,2)14-15-40)39(3,51)34(48)32-28(24-46)27(22-41)33(55-32)35(49)44-41/h21,25-29,32-35,44,46,48-49,51-52H,7-9,11,13-20,22-24H2,1-4H3. The Bertz CT molecular complexity index is 1810. The lowest BCUT2D eigenvalue weighted by atomic mass is 9.38. The first-order valence-corrected chi connectivity index (χ1v) is 20.6. The molecule has 6 N–H and O–H groups in total. The summed E-state index contributed by atoms with van der Waals surface area (Å²) >= 11 is 0. The molecule has 5 aliphatic heterocycles. The Morgan fingerprint density at radius 2 is 1.82 bits per heavy atom. The summed E-state index contributed by atoms with van der Waals surface area (Å²) in [5.74, 6) is 12.3. The van der Waals surface area contributed by atoms with E-state index in [4.69, 9.17) is 14.2 Å². The zero-order chi connectivity index (χ0) is 39.0. The molecule has 16 unspecified atom stereocenters. The van der Waals surface area contributed by atoms with Gasteiger partial charge in [-0.3, -0.25) is 14.9 Å². The number of nitrogens with one attached hydrogen (secondary N) is 1. The van der Waals surface area contributed by atoms with Crippen LogP contribution in [0.1, 0.15) is 91.4 Å². The van der Waals surface area contributed by atoms with Crippen LogP contribution in [-0.4, -0.2) is 129 Å². The molecular formula is C43H58N2O10. The topological polar surface area (TPSA) is 178 Å². The Kier molecular flexibility index (Phi) is 8.72. The van der Waals surface area contributed by atoms with E-state index in [1.807, 2.05) is 6.92 Å². The van der Waals surface area contributed by atoms with Gasteiger partial charge in [-0.25, -0.2) is 0 Å². The molecule has 10 aliphatic rings. The SMILES string of the molecule is COCCCOC1CCC2(C)C(C1)C(=O)C=C1C3(O)CCC45C#CCC6(CC7C(CO)C(OC7C(O)N6)C(O)C4(C)O)C(=O)N4CC4CC#CC12CCC35C. The third-order valence-electron chi connectivity index (χ3n) is 17.0. The summed E-state index contributed by atoms with van der Waals surface area (Å²) < 4.78 is 17.9. The lowest BCUT2D eigenvalue weighted by molar-refractivity contribution is -0.227. The number of hydrogen-bond donors (Lipinski definition) is 6. The summed E-state index contributed by atoms with van der Waals surface area (Å²) in [6.07, 6.45) is 1.48. The molecule has 0 radical (unpaired) electrons. The number of ketones is 1. The van der Waals surface area contributed by atoms with E-state index in [9.17, 15) is 35.1 Å². The smallest absolute Gasteiger partial charge is 0.244 e. The van der Waals surface area contributed by atoms with Crippen molar-refractivity contribution in [3.05, 3.63) is 11.6 Å². The zero-order valence-corrected chi connectivity index (χ0v) is 32.6. The highest BCUT2D eigenvalue weighted by molar-refractivity contribution is 5.96. The molecule has 5 aliphatic carbocycles. The monoisotopic (exact) mass is 762 g/mol. The first-order chi connectivity index (χ1) is 26.1. The van der Waals surface area contributed by atoms with Crippen LogP contribution >= 0.6 is 0 Å². The van der Waals surface area contributed by atoms with E-state index < -0.39 is 74.8 Å². The van der Waals surface area contributed by atoms with Crippen molar-refractivity contribution < 1.29 is 49.3 Å². The van der Waals surface area contributed by atoms with Crippen molar-refractivity contribution in [2.45, 2.75) is 145 Å². The molecule has 3 saturated heterocycles. The van der Waals surface area contributed by atoms with Gasteiger partial charge in [-0.05, 0) is 87.7 Å². The second kappa shape index (κ2) is 12.6. The zero-order valence-electron chi connectivity index (χ0n) is 32.6. The Morgan fingerprint density at radius 3 is 2.58 bits per heavy atom. The van der Waals surface area contributed by atoms with Gasteiger partial charge in [-0.2, -0.15) is 0 Å². The summed E-state index contributed by atoms with van der Waals surface area (Å²) in [6.45, 7) is 6.92. The first-order valence-electron chi connectivity index (χ1n) is 20.6. The number of nitrogens with zero attached hydrogens (tertiary/aromatic N) is 1. The summed E-state index contributed by atoms with van der Waals surface area (Å²) in [4.78, 5) is 31.0. The number of amides is 1. The van der Waals surface area contributed by atoms with E-state index in [0.717, 1.165) is 12.8 Å². The molecule has 3 spiro atoms. The van der Waals surface area contributed by atoms with Crippen LogP contribution in [0.4, 0.5) is 0 Å². The summed E-state index contributed by atoms with van der Waals surface area (Å²) in [5.41, 5.74) is -8.48. The highest BCUT2D eigenvalue weighted by Crippen LogP contribution is 2.76. The molecule has 5 heterocycles.